The number of carbonyl (C=O) groups is 1. The van der Waals surface area contributed by atoms with E-state index in [1.165, 1.54) is 0 Å². The summed E-state index contributed by atoms with van der Waals surface area (Å²) in [7, 11) is 3.39. The molecule has 0 aromatic heterocycles. The van der Waals surface area contributed by atoms with Gasteiger partial charge in [-0.15, -0.1) is 11.6 Å². The Morgan fingerprint density at radius 2 is 2.16 bits per heavy atom. The summed E-state index contributed by atoms with van der Waals surface area (Å²) in [6, 6.07) is 5.43. The monoisotopic (exact) mass is 380 g/mol. The molecule has 0 saturated heterocycles. The van der Waals surface area contributed by atoms with Gasteiger partial charge in [0.05, 0.1) is 25.9 Å². The topological polar surface area (TPSA) is 32.8 Å². The van der Waals surface area contributed by atoms with Crippen molar-refractivity contribution in [2.75, 3.05) is 32.1 Å². The number of allylic oxidation sites excluding steroid dienone is 2. The van der Waals surface area contributed by atoms with Crippen LogP contribution in [-0.2, 0) is 9.53 Å². The lowest BCUT2D eigenvalue weighted by atomic mass is 10.1. The van der Waals surface area contributed by atoms with E-state index in [0.29, 0.717) is 17.3 Å². The van der Waals surface area contributed by atoms with Gasteiger partial charge >= 0.3 is 0 Å². The van der Waals surface area contributed by atoms with Crippen molar-refractivity contribution in [2.45, 2.75) is 12.4 Å². The zero-order valence-electron chi connectivity index (χ0n) is 14.6. The third-order valence-corrected chi connectivity index (χ3v) is 4.87. The first-order valence-electron chi connectivity index (χ1n) is 7.87. The van der Waals surface area contributed by atoms with Crippen LogP contribution in [0, 0.1) is 0 Å². The summed E-state index contributed by atoms with van der Waals surface area (Å²) in [5, 5.41) is 0.592. The standard InChI is InChI=1S/C19H22Cl2N2O2/c1-5-14(7-6-13(2)25-4)11-23-17-9-8-15(20)10-16(17)19(21)22(3)12-18(23)24/h5-10,19H,2,11-12H2,1,3-4H3/b7-6-,14-5+. The number of amides is 1. The molecule has 1 aliphatic rings. The SMILES string of the molecule is C=C(/C=C\C(=C/C)CN1C(=O)CN(C)C(Cl)c2cc(Cl)ccc21)OC. The van der Waals surface area contributed by atoms with Crippen LogP contribution in [-0.4, -0.2) is 38.1 Å². The second-order valence-electron chi connectivity index (χ2n) is 5.80. The molecule has 1 aromatic carbocycles. The Bertz CT molecular complexity index is 728. The highest BCUT2D eigenvalue weighted by atomic mass is 35.5. The fraction of sp³-hybridized carbons (Fsp3) is 0.316. The predicted molar refractivity (Wildman–Crippen MR) is 104 cm³/mol. The molecule has 0 bridgehead atoms. The van der Waals surface area contributed by atoms with Gasteiger partial charge in [-0.05, 0) is 43.8 Å². The van der Waals surface area contributed by atoms with E-state index in [1.807, 2.05) is 38.3 Å². The summed E-state index contributed by atoms with van der Waals surface area (Å²) in [5.74, 6) is 0.529. The van der Waals surface area contributed by atoms with Gasteiger partial charge in [-0.3, -0.25) is 9.69 Å². The molecule has 1 unspecified atom stereocenters. The Morgan fingerprint density at radius 1 is 1.44 bits per heavy atom. The van der Waals surface area contributed by atoms with Crippen LogP contribution in [0.4, 0.5) is 5.69 Å². The molecule has 6 heteroatoms. The molecular formula is C19H22Cl2N2O2. The second kappa shape index (κ2) is 8.56. The van der Waals surface area contributed by atoms with Crippen LogP contribution >= 0.6 is 23.2 Å². The molecule has 4 nitrogen and oxygen atoms in total. The number of hydrogen-bond donors (Lipinski definition) is 0. The second-order valence-corrected chi connectivity index (χ2v) is 6.65. The van der Waals surface area contributed by atoms with Crippen molar-refractivity contribution in [1.82, 2.24) is 4.90 Å². The fourth-order valence-electron chi connectivity index (χ4n) is 2.58. The van der Waals surface area contributed by atoms with Crippen molar-refractivity contribution in [1.29, 1.82) is 0 Å². The molecule has 1 atom stereocenters. The zero-order valence-corrected chi connectivity index (χ0v) is 16.1. The first-order valence-corrected chi connectivity index (χ1v) is 8.69. The Labute approximate surface area is 159 Å². The minimum absolute atomic E-state index is 0.0208. The molecule has 134 valence electrons. The first-order chi connectivity index (χ1) is 11.9. The van der Waals surface area contributed by atoms with Gasteiger partial charge in [0.2, 0.25) is 5.91 Å². The number of hydrogen-bond acceptors (Lipinski definition) is 3. The van der Waals surface area contributed by atoms with E-state index in [2.05, 4.69) is 6.58 Å². The normalized spacial score (nSPS) is 19.1. The summed E-state index contributed by atoms with van der Waals surface area (Å²) < 4.78 is 5.05. The molecule has 0 spiro atoms. The van der Waals surface area contributed by atoms with Crippen LogP contribution < -0.4 is 4.90 Å². The number of alkyl halides is 1. The minimum Gasteiger partial charge on any atom is -0.497 e. The lowest BCUT2D eigenvalue weighted by Gasteiger charge is -2.23. The Kier molecular flexibility index (Phi) is 6.71. The van der Waals surface area contributed by atoms with Crippen LogP contribution in [0.2, 0.25) is 5.02 Å². The number of rotatable bonds is 5. The Balaban J connectivity index is 2.39. The van der Waals surface area contributed by atoms with Crippen molar-refractivity contribution >= 4 is 34.8 Å². The van der Waals surface area contributed by atoms with Crippen molar-refractivity contribution < 1.29 is 9.53 Å². The summed E-state index contributed by atoms with van der Waals surface area (Å²) in [5.41, 5.74) is 2.14. The highest BCUT2D eigenvalue weighted by Crippen LogP contribution is 2.37. The molecule has 0 aliphatic carbocycles. The molecule has 0 saturated carbocycles. The maximum atomic E-state index is 12.8. The summed E-state index contributed by atoms with van der Waals surface area (Å²) >= 11 is 12.7. The van der Waals surface area contributed by atoms with Gasteiger partial charge < -0.3 is 9.64 Å². The van der Waals surface area contributed by atoms with E-state index in [0.717, 1.165) is 16.8 Å². The van der Waals surface area contributed by atoms with Gasteiger partial charge in [0.1, 0.15) is 11.3 Å². The molecule has 0 radical (unpaired) electrons. The molecule has 25 heavy (non-hydrogen) atoms. The highest BCUT2D eigenvalue weighted by molar-refractivity contribution is 6.31. The molecule has 1 amide bonds. The van der Waals surface area contributed by atoms with Crippen molar-refractivity contribution in [3.05, 3.63) is 64.9 Å². The number of carbonyl (C=O) groups excluding carboxylic acids is 1. The van der Waals surface area contributed by atoms with E-state index >= 15 is 0 Å². The van der Waals surface area contributed by atoms with E-state index in [-0.39, 0.29) is 12.5 Å². The number of nitrogens with zero attached hydrogens (tertiary/aromatic N) is 2. The maximum Gasteiger partial charge on any atom is 0.241 e. The third-order valence-electron chi connectivity index (χ3n) is 4.07. The predicted octanol–water partition coefficient (Wildman–Crippen LogP) is 4.52. The van der Waals surface area contributed by atoms with Crippen LogP contribution in [0.1, 0.15) is 18.0 Å². The Hall–Kier alpha value is -1.75. The molecule has 1 aromatic rings. The van der Waals surface area contributed by atoms with Crippen LogP contribution in [0.15, 0.2) is 54.3 Å². The minimum atomic E-state index is -0.416. The molecule has 0 fully saturated rings. The number of methoxy groups -OCH3 is 1. The van der Waals surface area contributed by atoms with Crippen molar-refractivity contribution in [2.24, 2.45) is 0 Å². The summed E-state index contributed by atoms with van der Waals surface area (Å²) in [6.07, 6.45) is 5.62. The molecule has 0 N–H and O–H groups in total. The molecular weight excluding hydrogens is 359 g/mol. The summed E-state index contributed by atoms with van der Waals surface area (Å²) in [6.45, 7) is 6.35. The third kappa shape index (κ3) is 4.66. The Morgan fingerprint density at radius 3 is 2.80 bits per heavy atom. The average Bonchev–Trinajstić information content (AvgIpc) is 2.68. The van der Waals surface area contributed by atoms with Gasteiger partial charge in [0.25, 0.3) is 0 Å². The van der Waals surface area contributed by atoms with Gasteiger partial charge in [0, 0.05) is 10.6 Å². The summed E-state index contributed by atoms with van der Waals surface area (Å²) in [4.78, 5) is 16.3. The first kappa shape index (κ1) is 19.6. The number of halogens is 2. The van der Waals surface area contributed by atoms with Crippen LogP contribution in [0.3, 0.4) is 0 Å². The van der Waals surface area contributed by atoms with Gasteiger partial charge in [0.15, 0.2) is 0 Å². The van der Waals surface area contributed by atoms with E-state index in [4.69, 9.17) is 27.9 Å². The fourth-order valence-corrected chi connectivity index (χ4v) is 3.00. The number of likely N-dealkylation sites (N-methyl/N-ethyl adjacent to an activating group) is 1. The zero-order chi connectivity index (χ0) is 18.6. The van der Waals surface area contributed by atoms with E-state index < -0.39 is 5.50 Å². The van der Waals surface area contributed by atoms with E-state index in [9.17, 15) is 4.79 Å². The van der Waals surface area contributed by atoms with Crippen molar-refractivity contribution in [3.8, 4) is 0 Å². The van der Waals surface area contributed by atoms with Gasteiger partial charge in [-0.25, -0.2) is 0 Å². The lowest BCUT2D eigenvalue weighted by Crippen LogP contribution is -2.37. The number of anilines is 1. The molecule has 1 aliphatic heterocycles. The van der Waals surface area contributed by atoms with Crippen molar-refractivity contribution in [3.63, 3.8) is 0 Å². The lowest BCUT2D eigenvalue weighted by molar-refractivity contribution is -0.119. The van der Waals surface area contributed by atoms with E-state index in [1.54, 1.807) is 29.1 Å². The molecule has 2 rings (SSSR count). The number of fused-ring (bicyclic) bond motifs is 1. The number of ether oxygens (including phenoxy) is 1. The van der Waals surface area contributed by atoms with Crippen LogP contribution in [0.25, 0.3) is 0 Å². The maximum absolute atomic E-state index is 12.8. The van der Waals surface area contributed by atoms with Gasteiger partial charge in [-0.2, -0.15) is 0 Å². The largest absolute Gasteiger partial charge is 0.497 e. The van der Waals surface area contributed by atoms with Crippen LogP contribution in [0.5, 0.6) is 0 Å². The molecule has 1 heterocycles. The smallest absolute Gasteiger partial charge is 0.241 e. The highest BCUT2D eigenvalue weighted by Gasteiger charge is 2.30. The van der Waals surface area contributed by atoms with Gasteiger partial charge in [-0.1, -0.05) is 30.3 Å². The number of benzene rings is 1. The quantitative estimate of drug-likeness (QED) is 0.325. The average molecular weight is 381 g/mol.